The van der Waals surface area contributed by atoms with Gasteiger partial charge in [0, 0.05) is 40.0 Å². The van der Waals surface area contributed by atoms with Crippen molar-refractivity contribution in [2.75, 3.05) is 27.2 Å². The summed E-state index contributed by atoms with van der Waals surface area (Å²) in [5, 5.41) is 4.00. The molecule has 1 unspecified atom stereocenters. The zero-order valence-corrected chi connectivity index (χ0v) is 12.9. The topological polar surface area (TPSA) is 79.5 Å². The number of aryl methyl sites for hydroxylation is 1. The Morgan fingerprint density at radius 1 is 1.35 bits per heavy atom. The van der Waals surface area contributed by atoms with Crippen LogP contribution in [-0.4, -0.2) is 54.4 Å². The number of rotatable bonds is 3. The summed E-state index contributed by atoms with van der Waals surface area (Å²) in [5.41, 5.74) is 0.189. The number of hydrogen-bond donors (Lipinski definition) is 0. The van der Waals surface area contributed by atoms with E-state index in [1.165, 1.54) is 4.31 Å². The van der Waals surface area contributed by atoms with Crippen molar-refractivity contribution < 1.29 is 12.9 Å². The van der Waals surface area contributed by atoms with Crippen LogP contribution in [0.25, 0.3) is 0 Å². The molecule has 1 aliphatic heterocycles. The van der Waals surface area contributed by atoms with Crippen LogP contribution in [0.15, 0.2) is 4.52 Å². The third kappa shape index (κ3) is 2.15. The Kier molecular flexibility index (Phi) is 3.15. The maximum absolute atomic E-state index is 12.1. The van der Waals surface area contributed by atoms with E-state index in [9.17, 15) is 8.42 Å². The van der Waals surface area contributed by atoms with E-state index in [0.29, 0.717) is 24.9 Å². The molecule has 1 aromatic rings. The Hall–Kier alpha value is -0.990. The predicted octanol–water partition coefficient (Wildman–Crippen LogP) is 0.754. The van der Waals surface area contributed by atoms with Crippen LogP contribution in [-0.2, 0) is 10.2 Å². The molecule has 2 fully saturated rings. The first-order chi connectivity index (χ1) is 9.35. The van der Waals surface area contributed by atoms with Gasteiger partial charge in [-0.25, -0.2) is 0 Å². The third-order valence-electron chi connectivity index (χ3n) is 4.55. The van der Waals surface area contributed by atoms with Gasteiger partial charge in [0.2, 0.25) is 5.89 Å². The van der Waals surface area contributed by atoms with E-state index in [2.05, 4.69) is 10.1 Å². The van der Waals surface area contributed by atoms with E-state index in [4.69, 9.17) is 4.52 Å². The maximum Gasteiger partial charge on any atom is 0.281 e. The van der Waals surface area contributed by atoms with E-state index >= 15 is 0 Å². The van der Waals surface area contributed by atoms with Gasteiger partial charge >= 0.3 is 0 Å². The molecule has 1 atom stereocenters. The zero-order valence-electron chi connectivity index (χ0n) is 12.0. The first-order valence-electron chi connectivity index (χ1n) is 6.83. The van der Waals surface area contributed by atoms with Crippen molar-refractivity contribution in [3.8, 4) is 0 Å². The summed E-state index contributed by atoms with van der Waals surface area (Å²) in [5.74, 6) is 1.71. The van der Waals surface area contributed by atoms with E-state index in [1.54, 1.807) is 25.3 Å². The van der Waals surface area contributed by atoms with Crippen LogP contribution in [0.4, 0.5) is 0 Å². The Bertz CT molecular complexity index is 602. The number of aromatic nitrogens is 2. The van der Waals surface area contributed by atoms with Gasteiger partial charge in [0.25, 0.3) is 10.2 Å². The van der Waals surface area contributed by atoms with E-state index in [1.807, 2.05) is 0 Å². The van der Waals surface area contributed by atoms with Gasteiger partial charge in [-0.2, -0.15) is 22.0 Å². The van der Waals surface area contributed by atoms with Gasteiger partial charge in [-0.1, -0.05) is 5.16 Å². The highest BCUT2D eigenvalue weighted by Crippen LogP contribution is 2.64. The van der Waals surface area contributed by atoms with Crippen molar-refractivity contribution >= 4 is 10.2 Å². The van der Waals surface area contributed by atoms with Crippen molar-refractivity contribution in [3.05, 3.63) is 11.7 Å². The summed E-state index contributed by atoms with van der Waals surface area (Å²) in [7, 11) is -0.141. The molecule has 2 heterocycles. The van der Waals surface area contributed by atoms with Gasteiger partial charge < -0.3 is 4.52 Å². The quantitative estimate of drug-likeness (QED) is 0.823. The van der Waals surface area contributed by atoms with Crippen molar-refractivity contribution in [3.63, 3.8) is 0 Å². The minimum Gasteiger partial charge on any atom is -0.340 e. The maximum atomic E-state index is 12.1. The predicted molar refractivity (Wildman–Crippen MR) is 72.2 cm³/mol. The van der Waals surface area contributed by atoms with Crippen molar-refractivity contribution in [2.24, 2.45) is 5.41 Å². The van der Waals surface area contributed by atoms with Crippen LogP contribution in [0, 0.1) is 12.3 Å². The highest BCUT2D eigenvalue weighted by molar-refractivity contribution is 7.86. The van der Waals surface area contributed by atoms with Gasteiger partial charge in [-0.05, 0) is 24.7 Å². The fourth-order valence-corrected chi connectivity index (χ4v) is 4.22. The van der Waals surface area contributed by atoms with Gasteiger partial charge in [-0.3, -0.25) is 0 Å². The molecule has 1 spiro atoms. The molecule has 1 aliphatic carbocycles. The second-order valence-electron chi connectivity index (χ2n) is 5.98. The minimum absolute atomic E-state index is 0.189. The molecule has 1 aromatic heterocycles. The van der Waals surface area contributed by atoms with Crippen molar-refractivity contribution in [1.29, 1.82) is 0 Å². The summed E-state index contributed by atoms with van der Waals surface area (Å²) in [6, 6.07) is 0. The lowest BCUT2D eigenvalue weighted by atomic mass is 9.92. The van der Waals surface area contributed by atoms with Crippen LogP contribution < -0.4 is 0 Å². The Labute approximate surface area is 119 Å². The number of hydrogen-bond acceptors (Lipinski definition) is 5. The first kappa shape index (κ1) is 14.0. The van der Waals surface area contributed by atoms with E-state index in [0.717, 1.165) is 25.1 Å². The normalized spacial score (nSPS) is 26.3. The molecule has 3 rings (SSSR count). The lowest BCUT2D eigenvalue weighted by Crippen LogP contribution is -2.45. The average molecular weight is 300 g/mol. The molecule has 7 nitrogen and oxygen atoms in total. The average Bonchev–Trinajstić information content (AvgIpc) is 2.90. The summed E-state index contributed by atoms with van der Waals surface area (Å²) in [4.78, 5) is 4.30. The van der Waals surface area contributed by atoms with Gasteiger partial charge in [0.05, 0.1) is 0 Å². The molecular weight excluding hydrogens is 280 g/mol. The van der Waals surface area contributed by atoms with Crippen molar-refractivity contribution in [2.45, 2.75) is 32.1 Å². The van der Waals surface area contributed by atoms with Crippen LogP contribution in [0.1, 0.15) is 36.9 Å². The molecule has 1 saturated heterocycles. The largest absolute Gasteiger partial charge is 0.340 e. The molecule has 112 valence electrons. The molecule has 0 bridgehead atoms. The van der Waals surface area contributed by atoms with Crippen LogP contribution >= 0.6 is 0 Å². The molecular formula is C12H20N4O3S. The fraction of sp³-hybridized carbons (Fsp3) is 0.833. The zero-order chi connectivity index (χ0) is 14.5. The third-order valence-corrected chi connectivity index (χ3v) is 6.49. The Balaban J connectivity index is 1.66. The molecule has 8 heteroatoms. The number of nitrogens with zero attached hydrogens (tertiary/aromatic N) is 4. The lowest BCUT2D eigenvalue weighted by molar-refractivity contribution is 0.240. The second-order valence-corrected chi connectivity index (χ2v) is 8.12. The SMILES string of the molecule is Cc1nc(C2CC23CCN(S(=O)(=O)N(C)C)CC3)no1. The monoisotopic (exact) mass is 300 g/mol. The van der Waals surface area contributed by atoms with Crippen molar-refractivity contribution in [1.82, 2.24) is 18.8 Å². The highest BCUT2D eigenvalue weighted by Gasteiger charge is 2.58. The molecule has 0 amide bonds. The standard InChI is InChI=1S/C12H20N4O3S/c1-9-13-11(14-19-9)10-8-12(10)4-6-16(7-5-12)20(17,18)15(2)3/h10H,4-8H2,1-3H3. The summed E-state index contributed by atoms with van der Waals surface area (Å²) < 4.78 is 32.0. The minimum atomic E-state index is -3.28. The van der Waals surface area contributed by atoms with E-state index < -0.39 is 10.2 Å². The number of piperidine rings is 1. The molecule has 2 aliphatic rings. The van der Waals surface area contributed by atoms with E-state index in [-0.39, 0.29) is 5.41 Å². The second kappa shape index (κ2) is 4.51. The Morgan fingerprint density at radius 3 is 2.50 bits per heavy atom. The highest BCUT2D eigenvalue weighted by atomic mass is 32.2. The lowest BCUT2D eigenvalue weighted by Gasteiger charge is -2.33. The molecule has 0 aromatic carbocycles. The molecule has 20 heavy (non-hydrogen) atoms. The van der Waals surface area contributed by atoms with Crippen LogP contribution in [0.2, 0.25) is 0 Å². The Morgan fingerprint density at radius 2 is 2.00 bits per heavy atom. The molecule has 0 N–H and O–H groups in total. The smallest absolute Gasteiger partial charge is 0.281 e. The van der Waals surface area contributed by atoms with Crippen LogP contribution in [0.5, 0.6) is 0 Å². The van der Waals surface area contributed by atoms with Gasteiger partial charge in [0.15, 0.2) is 5.82 Å². The summed E-state index contributed by atoms with van der Waals surface area (Å²) in [6.45, 7) is 2.94. The molecule has 1 saturated carbocycles. The van der Waals surface area contributed by atoms with Gasteiger partial charge in [-0.15, -0.1) is 0 Å². The fourth-order valence-electron chi connectivity index (χ4n) is 3.12. The van der Waals surface area contributed by atoms with Crippen LogP contribution in [0.3, 0.4) is 0 Å². The summed E-state index contributed by atoms with van der Waals surface area (Å²) >= 11 is 0. The van der Waals surface area contributed by atoms with Gasteiger partial charge in [0.1, 0.15) is 0 Å². The molecule has 0 radical (unpaired) electrons. The summed E-state index contributed by atoms with van der Waals surface area (Å²) in [6.07, 6.45) is 2.79. The first-order valence-corrected chi connectivity index (χ1v) is 8.23.